The average Bonchev–Trinajstić information content (AvgIpc) is 2.67. The molecular weight excluding hydrogens is 288 g/mol. The van der Waals surface area contributed by atoms with Gasteiger partial charge in [-0.2, -0.15) is 0 Å². The Labute approximate surface area is 144 Å². The number of hydrogen-bond donors (Lipinski definition) is 0. The van der Waals surface area contributed by atoms with Crippen molar-refractivity contribution in [1.82, 2.24) is 0 Å². The Kier molecular flexibility index (Phi) is 5.42. The molecule has 0 aromatic heterocycles. The van der Waals surface area contributed by atoms with Gasteiger partial charge in [0.2, 0.25) is 0 Å². The van der Waals surface area contributed by atoms with Crippen LogP contribution in [0.25, 0.3) is 23.3 Å². The quantitative estimate of drug-likeness (QED) is 0.353. The minimum absolute atomic E-state index is 1.03. The van der Waals surface area contributed by atoms with E-state index in [9.17, 15) is 0 Å². The Morgan fingerprint density at radius 3 is 1.75 bits per heavy atom. The summed E-state index contributed by atoms with van der Waals surface area (Å²) in [6.45, 7) is 3.77. The molecule has 0 unspecified atom stereocenters. The zero-order valence-corrected chi connectivity index (χ0v) is 13.9. The van der Waals surface area contributed by atoms with Gasteiger partial charge in [-0.3, -0.25) is 0 Å². The minimum Gasteiger partial charge on any atom is -0.103 e. The average molecular weight is 310 g/mol. The second-order valence-electron chi connectivity index (χ2n) is 5.89. The van der Waals surface area contributed by atoms with Crippen molar-refractivity contribution in [3.05, 3.63) is 108 Å². The first-order chi connectivity index (χ1) is 11.8. The van der Waals surface area contributed by atoms with Crippen LogP contribution in [-0.4, -0.2) is 0 Å². The normalized spacial score (nSPS) is 10.8. The summed E-state index contributed by atoms with van der Waals surface area (Å²) >= 11 is 0. The molecule has 0 atom stereocenters. The van der Waals surface area contributed by atoms with Crippen LogP contribution in [0.2, 0.25) is 0 Å². The fourth-order valence-corrected chi connectivity index (χ4v) is 2.67. The first-order valence-electron chi connectivity index (χ1n) is 8.38. The molecule has 3 rings (SSSR count). The summed E-state index contributed by atoms with van der Waals surface area (Å²) in [5.41, 5.74) is 6.30. The predicted molar refractivity (Wildman–Crippen MR) is 106 cm³/mol. The zero-order chi connectivity index (χ0) is 16.6. The molecule has 0 saturated heterocycles. The molecule has 0 fully saturated rings. The maximum atomic E-state index is 3.77. The summed E-state index contributed by atoms with van der Waals surface area (Å²) < 4.78 is 0. The van der Waals surface area contributed by atoms with Crippen molar-refractivity contribution in [3.63, 3.8) is 0 Å². The second-order valence-corrected chi connectivity index (χ2v) is 5.89. The Morgan fingerprint density at radius 1 is 0.625 bits per heavy atom. The number of allylic oxidation sites excluding steroid dienone is 1. The van der Waals surface area contributed by atoms with E-state index in [2.05, 4.69) is 91.5 Å². The molecule has 0 nitrogen and oxygen atoms in total. The highest BCUT2D eigenvalue weighted by Crippen LogP contribution is 2.20. The van der Waals surface area contributed by atoms with Gasteiger partial charge in [-0.05, 0) is 40.7 Å². The highest BCUT2D eigenvalue weighted by molar-refractivity contribution is 5.72. The topological polar surface area (TPSA) is 0 Å². The minimum atomic E-state index is 1.03. The third-order valence-electron chi connectivity index (χ3n) is 4.10. The van der Waals surface area contributed by atoms with Crippen molar-refractivity contribution >= 4 is 12.2 Å². The van der Waals surface area contributed by atoms with Gasteiger partial charge in [0.1, 0.15) is 0 Å². The van der Waals surface area contributed by atoms with Gasteiger partial charge >= 0.3 is 0 Å². The van der Waals surface area contributed by atoms with Gasteiger partial charge in [0.15, 0.2) is 0 Å². The second kappa shape index (κ2) is 8.12. The molecule has 3 aromatic carbocycles. The van der Waals surface area contributed by atoms with Crippen molar-refractivity contribution in [3.8, 4) is 11.1 Å². The lowest BCUT2D eigenvalue weighted by Gasteiger charge is -2.02. The molecule has 0 spiro atoms. The van der Waals surface area contributed by atoms with E-state index in [1.54, 1.807) is 0 Å². The molecule has 0 heterocycles. The number of hydrogen-bond acceptors (Lipinski definition) is 0. The fraction of sp³-hybridized carbons (Fsp3) is 0.0833. The largest absolute Gasteiger partial charge is 0.103 e. The molecular formula is C24H22. The molecule has 3 aromatic rings. The van der Waals surface area contributed by atoms with Crippen LogP contribution in [0.3, 0.4) is 0 Å². The van der Waals surface area contributed by atoms with E-state index in [1.807, 2.05) is 12.1 Å². The summed E-state index contributed by atoms with van der Waals surface area (Å²) in [6, 6.07) is 27.9. The lowest BCUT2D eigenvalue weighted by molar-refractivity contribution is 1.00. The van der Waals surface area contributed by atoms with Crippen LogP contribution in [0.5, 0.6) is 0 Å². The van der Waals surface area contributed by atoms with Crippen LogP contribution in [-0.2, 0) is 6.42 Å². The van der Waals surface area contributed by atoms with E-state index in [4.69, 9.17) is 0 Å². The third kappa shape index (κ3) is 4.33. The molecule has 118 valence electrons. The van der Waals surface area contributed by atoms with E-state index in [0.717, 1.165) is 12.8 Å². The number of rotatable bonds is 6. The van der Waals surface area contributed by atoms with Crippen LogP contribution in [0, 0.1) is 0 Å². The van der Waals surface area contributed by atoms with E-state index >= 15 is 0 Å². The number of aryl methyl sites for hydroxylation is 1. The van der Waals surface area contributed by atoms with Gasteiger partial charge in [0, 0.05) is 0 Å². The Balaban J connectivity index is 1.67. The molecule has 0 N–H and O–H groups in total. The Morgan fingerprint density at radius 2 is 1.17 bits per heavy atom. The van der Waals surface area contributed by atoms with Crippen molar-refractivity contribution < 1.29 is 0 Å². The van der Waals surface area contributed by atoms with Crippen LogP contribution < -0.4 is 0 Å². The van der Waals surface area contributed by atoms with Gasteiger partial charge in [-0.15, -0.1) is 6.58 Å². The van der Waals surface area contributed by atoms with Crippen LogP contribution in [0.4, 0.5) is 0 Å². The van der Waals surface area contributed by atoms with Crippen LogP contribution in [0.15, 0.2) is 91.5 Å². The maximum Gasteiger partial charge on any atom is -0.0184 e. The molecule has 0 aliphatic rings. The summed E-state index contributed by atoms with van der Waals surface area (Å²) in [5, 5.41) is 0. The lowest BCUT2D eigenvalue weighted by Crippen LogP contribution is -1.83. The van der Waals surface area contributed by atoms with Gasteiger partial charge < -0.3 is 0 Å². The Bertz CT molecular complexity index is 791. The van der Waals surface area contributed by atoms with E-state index in [0.29, 0.717) is 0 Å². The van der Waals surface area contributed by atoms with Crippen molar-refractivity contribution in [2.45, 2.75) is 12.8 Å². The summed E-state index contributed by atoms with van der Waals surface area (Å²) in [7, 11) is 0. The standard InChI is InChI=1S/C24H22/c1-2-3-7-20-10-12-21(13-11-20)14-15-22-16-18-24(19-17-22)23-8-5-4-6-9-23/h2,4-6,8-19H,1,3,7H2. The molecule has 0 bridgehead atoms. The highest BCUT2D eigenvalue weighted by Gasteiger charge is 1.96. The molecule has 0 amide bonds. The van der Waals surface area contributed by atoms with Crippen molar-refractivity contribution in [1.29, 1.82) is 0 Å². The van der Waals surface area contributed by atoms with Crippen LogP contribution in [0.1, 0.15) is 23.1 Å². The number of benzene rings is 3. The summed E-state index contributed by atoms with van der Waals surface area (Å²) in [6.07, 6.45) is 8.38. The molecule has 0 heteroatoms. The van der Waals surface area contributed by atoms with Gasteiger partial charge in [-0.25, -0.2) is 0 Å². The molecule has 0 aliphatic heterocycles. The predicted octanol–water partition coefficient (Wildman–Crippen LogP) is 6.64. The maximum absolute atomic E-state index is 3.77. The molecule has 0 radical (unpaired) electrons. The molecule has 0 saturated carbocycles. The zero-order valence-electron chi connectivity index (χ0n) is 13.9. The first-order valence-corrected chi connectivity index (χ1v) is 8.38. The summed E-state index contributed by atoms with van der Waals surface area (Å²) in [4.78, 5) is 0. The highest BCUT2D eigenvalue weighted by atomic mass is 14.0. The Hall–Kier alpha value is -2.86. The fourth-order valence-electron chi connectivity index (χ4n) is 2.67. The van der Waals surface area contributed by atoms with E-state index < -0.39 is 0 Å². The van der Waals surface area contributed by atoms with Crippen molar-refractivity contribution in [2.75, 3.05) is 0 Å². The van der Waals surface area contributed by atoms with Crippen LogP contribution >= 0.6 is 0 Å². The van der Waals surface area contributed by atoms with Gasteiger partial charge in [-0.1, -0.05) is 97.1 Å². The summed E-state index contributed by atoms with van der Waals surface area (Å²) in [5.74, 6) is 0. The molecule has 24 heavy (non-hydrogen) atoms. The van der Waals surface area contributed by atoms with Gasteiger partial charge in [0.05, 0.1) is 0 Å². The monoisotopic (exact) mass is 310 g/mol. The van der Waals surface area contributed by atoms with E-state index in [1.165, 1.54) is 27.8 Å². The van der Waals surface area contributed by atoms with Crippen molar-refractivity contribution in [2.24, 2.45) is 0 Å². The lowest BCUT2D eigenvalue weighted by atomic mass is 10.0. The third-order valence-corrected chi connectivity index (χ3v) is 4.10. The SMILES string of the molecule is C=CCCc1ccc(C=Cc2ccc(-c3ccccc3)cc2)cc1. The smallest absolute Gasteiger partial charge is 0.0184 e. The van der Waals surface area contributed by atoms with Gasteiger partial charge in [0.25, 0.3) is 0 Å². The van der Waals surface area contributed by atoms with E-state index in [-0.39, 0.29) is 0 Å². The molecule has 0 aliphatic carbocycles. The first kappa shape index (κ1) is 16.0.